The number of carbonyl (C=O) groups excluding carboxylic acids is 1. The lowest BCUT2D eigenvalue weighted by Crippen LogP contribution is -2.35. The van der Waals surface area contributed by atoms with Crippen LogP contribution >= 0.6 is 0 Å². The summed E-state index contributed by atoms with van der Waals surface area (Å²) >= 11 is 0. The Balaban J connectivity index is 2.48. The summed E-state index contributed by atoms with van der Waals surface area (Å²) in [4.78, 5) is 22.5. The molecule has 0 bridgehead atoms. The van der Waals surface area contributed by atoms with Gasteiger partial charge < -0.3 is 15.7 Å². The van der Waals surface area contributed by atoms with Crippen LogP contribution in [0.4, 0.5) is 10.5 Å². The minimum atomic E-state index is -0.893. The van der Waals surface area contributed by atoms with E-state index in [-0.39, 0.29) is 12.6 Å². The van der Waals surface area contributed by atoms with Crippen LogP contribution in [0.5, 0.6) is 0 Å². The number of carboxylic acids is 1. The van der Waals surface area contributed by atoms with Crippen molar-refractivity contribution in [2.45, 2.75) is 26.7 Å². The first-order valence-corrected chi connectivity index (χ1v) is 6.43. The van der Waals surface area contributed by atoms with Crippen molar-refractivity contribution in [3.63, 3.8) is 0 Å². The fourth-order valence-corrected chi connectivity index (χ4v) is 1.67. The highest BCUT2D eigenvalue weighted by Gasteiger charge is 2.15. The first-order chi connectivity index (χ1) is 9.06. The Morgan fingerprint density at radius 1 is 1.32 bits per heavy atom. The number of aryl methyl sites for hydroxylation is 1. The highest BCUT2D eigenvalue weighted by atomic mass is 16.4. The molecule has 0 radical (unpaired) electrons. The van der Waals surface area contributed by atoms with E-state index in [0.29, 0.717) is 12.1 Å². The fraction of sp³-hybridized carbons (Fsp3) is 0.429. The van der Waals surface area contributed by atoms with E-state index in [2.05, 4.69) is 10.6 Å². The Bertz CT molecular complexity index is 446. The van der Waals surface area contributed by atoms with Gasteiger partial charge in [-0.1, -0.05) is 26.0 Å². The minimum absolute atomic E-state index is 0.130. The molecule has 1 aromatic carbocycles. The van der Waals surface area contributed by atoms with Crippen LogP contribution in [0.25, 0.3) is 0 Å². The maximum atomic E-state index is 11.6. The maximum Gasteiger partial charge on any atom is 0.319 e. The zero-order valence-corrected chi connectivity index (χ0v) is 11.3. The van der Waals surface area contributed by atoms with Crippen molar-refractivity contribution in [2.75, 3.05) is 11.9 Å². The lowest BCUT2D eigenvalue weighted by atomic mass is 10.1. The number of carbonyl (C=O) groups is 2. The zero-order chi connectivity index (χ0) is 14.3. The maximum absolute atomic E-state index is 11.6. The Labute approximate surface area is 113 Å². The highest BCUT2D eigenvalue weighted by molar-refractivity contribution is 5.89. The van der Waals surface area contributed by atoms with Gasteiger partial charge in [-0.05, 0) is 30.5 Å². The van der Waals surface area contributed by atoms with Gasteiger partial charge in [-0.25, -0.2) is 4.79 Å². The summed E-state index contributed by atoms with van der Waals surface area (Å²) in [6, 6.07) is 7.18. The molecule has 2 amide bonds. The summed E-state index contributed by atoms with van der Waals surface area (Å²) in [6.45, 7) is 3.95. The summed E-state index contributed by atoms with van der Waals surface area (Å²) < 4.78 is 0. The van der Waals surface area contributed by atoms with E-state index in [1.807, 2.05) is 25.1 Å². The fourth-order valence-electron chi connectivity index (χ4n) is 1.67. The van der Waals surface area contributed by atoms with Gasteiger partial charge >= 0.3 is 12.0 Å². The van der Waals surface area contributed by atoms with Crippen LogP contribution in [-0.4, -0.2) is 23.7 Å². The van der Waals surface area contributed by atoms with Crippen molar-refractivity contribution in [2.24, 2.45) is 5.92 Å². The molecule has 0 aliphatic carbocycles. The largest absolute Gasteiger partial charge is 0.481 e. The minimum Gasteiger partial charge on any atom is -0.481 e. The van der Waals surface area contributed by atoms with E-state index >= 15 is 0 Å². The second-order valence-corrected chi connectivity index (χ2v) is 4.33. The number of hydrogen-bond acceptors (Lipinski definition) is 2. The third kappa shape index (κ3) is 4.99. The number of rotatable bonds is 6. The first-order valence-electron chi connectivity index (χ1n) is 6.43. The van der Waals surface area contributed by atoms with Crippen LogP contribution in [0, 0.1) is 5.92 Å². The molecule has 5 heteroatoms. The van der Waals surface area contributed by atoms with Gasteiger partial charge in [-0.3, -0.25) is 4.79 Å². The molecule has 1 unspecified atom stereocenters. The third-order valence-corrected chi connectivity index (χ3v) is 2.94. The number of carboxylic acid groups (broad SMARTS) is 1. The molecular formula is C14H20N2O3. The Morgan fingerprint density at radius 3 is 2.63 bits per heavy atom. The van der Waals surface area contributed by atoms with Crippen molar-refractivity contribution >= 4 is 17.7 Å². The second kappa shape index (κ2) is 7.41. The Kier molecular flexibility index (Phi) is 5.85. The van der Waals surface area contributed by atoms with E-state index in [1.54, 1.807) is 13.0 Å². The molecule has 0 aromatic heterocycles. The van der Waals surface area contributed by atoms with Gasteiger partial charge in [0.25, 0.3) is 0 Å². The van der Waals surface area contributed by atoms with Crippen molar-refractivity contribution < 1.29 is 14.7 Å². The van der Waals surface area contributed by atoms with Crippen LogP contribution in [0.2, 0.25) is 0 Å². The van der Waals surface area contributed by atoms with Crippen LogP contribution in [-0.2, 0) is 11.2 Å². The van der Waals surface area contributed by atoms with Crippen molar-refractivity contribution in [1.29, 1.82) is 0 Å². The molecule has 19 heavy (non-hydrogen) atoms. The molecule has 0 aliphatic heterocycles. The number of hydrogen-bond donors (Lipinski definition) is 3. The molecule has 0 heterocycles. The van der Waals surface area contributed by atoms with Crippen LogP contribution in [0.15, 0.2) is 24.3 Å². The molecule has 0 saturated heterocycles. The van der Waals surface area contributed by atoms with Crippen LogP contribution in [0.1, 0.15) is 25.8 Å². The number of amides is 2. The lowest BCUT2D eigenvalue weighted by molar-refractivity contribution is -0.141. The number of aliphatic carboxylic acids is 1. The second-order valence-electron chi connectivity index (χ2n) is 4.33. The molecule has 0 fully saturated rings. The van der Waals surface area contributed by atoms with Gasteiger partial charge in [0, 0.05) is 12.2 Å². The Hall–Kier alpha value is -2.04. The van der Waals surface area contributed by atoms with Gasteiger partial charge in [0.05, 0.1) is 5.92 Å². The summed E-state index contributed by atoms with van der Waals surface area (Å²) in [5.74, 6) is -1.44. The van der Waals surface area contributed by atoms with Gasteiger partial charge in [0.15, 0.2) is 0 Å². The summed E-state index contributed by atoms with van der Waals surface area (Å²) in [6.07, 6.45) is 1.38. The molecule has 3 N–H and O–H groups in total. The molecule has 1 rings (SSSR count). The molecule has 104 valence electrons. The predicted molar refractivity (Wildman–Crippen MR) is 74.3 cm³/mol. The quantitative estimate of drug-likeness (QED) is 0.738. The Morgan fingerprint density at radius 2 is 2.05 bits per heavy atom. The number of anilines is 1. The summed E-state index contributed by atoms with van der Waals surface area (Å²) in [5, 5.41) is 14.1. The number of nitrogens with one attached hydrogen (secondary N) is 2. The molecule has 0 saturated carbocycles. The van der Waals surface area contributed by atoms with E-state index in [1.165, 1.54) is 0 Å². The third-order valence-electron chi connectivity index (χ3n) is 2.94. The summed E-state index contributed by atoms with van der Waals surface area (Å²) in [7, 11) is 0. The molecule has 1 atom stereocenters. The summed E-state index contributed by atoms with van der Waals surface area (Å²) in [5.41, 5.74) is 1.84. The van der Waals surface area contributed by atoms with Crippen LogP contribution in [0.3, 0.4) is 0 Å². The lowest BCUT2D eigenvalue weighted by Gasteiger charge is -2.12. The molecule has 0 spiro atoms. The highest BCUT2D eigenvalue weighted by Crippen LogP contribution is 2.10. The standard InChI is InChI=1S/C14H20N2O3/c1-3-10-6-5-7-12(8-10)16-14(19)15-9-11(4-2)13(17)18/h5-8,11H,3-4,9H2,1-2H3,(H,17,18)(H2,15,16,19). The monoisotopic (exact) mass is 264 g/mol. The predicted octanol–water partition coefficient (Wildman–Crippen LogP) is 2.48. The number of benzene rings is 1. The molecule has 5 nitrogen and oxygen atoms in total. The molecule has 1 aromatic rings. The first kappa shape index (κ1) is 15.0. The van der Waals surface area contributed by atoms with Gasteiger partial charge in [0.2, 0.25) is 0 Å². The van der Waals surface area contributed by atoms with E-state index in [4.69, 9.17) is 5.11 Å². The molecular weight excluding hydrogens is 244 g/mol. The van der Waals surface area contributed by atoms with E-state index in [9.17, 15) is 9.59 Å². The van der Waals surface area contributed by atoms with Gasteiger partial charge in [-0.2, -0.15) is 0 Å². The van der Waals surface area contributed by atoms with Crippen LogP contribution < -0.4 is 10.6 Å². The van der Waals surface area contributed by atoms with Crippen molar-refractivity contribution in [3.05, 3.63) is 29.8 Å². The van der Waals surface area contributed by atoms with Gasteiger partial charge in [-0.15, -0.1) is 0 Å². The molecule has 0 aliphatic rings. The van der Waals surface area contributed by atoms with Gasteiger partial charge in [0.1, 0.15) is 0 Å². The SMILES string of the molecule is CCc1cccc(NC(=O)NCC(CC)C(=O)O)c1. The van der Waals surface area contributed by atoms with Crippen molar-refractivity contribution in [3.8, 4) is 0 Å². The zero-order valence-electron chi connectivity index (χ0n) is 11.3. The van der Waals surface area contributed by atoms with E-state index in [0.717, 1.165) is 12.0 Å². The topological polar surface area (TPSA) is 78.4 Å². The number of urea groups is 1. The smallest absolute Gasteiger partial charge is 0.319 e. The van der Waals surface area contributed by atoms with E-state index < -0.39 is 11.9 Å². The average molecular weight is 264 g/mol. The normalized spacial score (nSPS) is 11.7. The average Bonchev–Trinajstić information content (AvgIpc) is 2.39. The van der Waals surface area contributed by atoms with Crippen molar-refractivity contribution in [1.82, 2.24) is 5.32 Å².